The molecular formula is C21H26F3N7OS. The van der Waals surface area contributed by atoms with Gasteiger partial charge in [-0.15, -0.1) is 11.3 Å². The van der Waals surface area contributed by atoms with Crippen LogP contribution in [-0.2, 0) is 6.42 Å². The van der Waals surface area contributed by atoms with E-state index in [-0.39, 0.29) is 37.2 Å². The van der Waals surface area contributed by atoms with E-state index in [0.717, 1.165) is 29.5 Å². The number of rotatable bonds is 4. The molecule has 2 aliphatic heterocycles. The Morgan fingerprint density at radius 1 is 1.27 bits per heavy atom. The highest BCUT2D eigenvalue weighted by molar-refractivity contribution is 7.18. The number of aromatic nitrogens is 2. The molecule has 1 atom stereocenters. The molecule has 4 rings (SSSR count). The number of carbonyl (C=O) groups excluding carboxylic acids is 1. The number of carbonyl (C=O) groups is 1. The van der Waals surface area contributed by atoms with Crippen LogP contribution in [0.4, 0.5) is 19.0 Å². The Labute approximate surface area is 193 Å². The van der Waals surface area contributed by atoms with Crippen LogP contribution in [-0.4, -0.2) is 76.2 Å². The zero-order valence-corrected chi connectivity index (χ0v) is 19.3. The smallest absolute Gasteiger partial charge is 0.347 e. The zero-order valence-electron chi connectivity index (χ0n) is 18.5. The first-order valence-electron chi connectivity index (χ1n) is 10.9. The average Bonchev–Trinajstić information content (AvgIpc) is 3.37. The SMILES string of the molecule is CCCc1cc2c(N3CCN(C(=N)C(F)(F)F)C(=N)C3)nc(C(=O)N3CCC(C)C3)nc2s1. The number of amidine groups is 2. The summed E-state index contributed by atoms with van der Waals surface area (Å²) in [7, 11) is 0. The van der Waals surface area contributed by atoms with Crippen LogP contribution < -0.4 is 4.90 Å². The Balaban J connectivity index is 1.68. The van der Waals surface area contributed by atoms with Gasteiger partial charge in [-0.25, -0.2) is 9.97 Å². The lowest BCUT2D eigenvalue weighted by molar-refractivity contribution is -0.0671. The number of anilines is 1. The number of fused-ring (bicyclic) bond motifs is 1. The number of hydrogen-bond acceptors (Lipinski definition) is 7. The van der Waals surface area contributed by atoms with Crippen molar-refractivity contribution in [2.24, 2.45) is 5.92 Å². The van der Waals surface area contributed by atoms with Crippen molar-refractivity contribution in [3.63, 3.8) is 0 Å². The monoisotopic (exact) mass is 481 g/mol. The summed E-state index contributed by atoms with van der Waals surface area (Å²) in [4.78, 5) is 28.1. The molecule has 33 heavy (non-hydrogen) atoms. The van der Waals surface area contributed by atoms with Gasteiger partial charge in [0.05, 0.1) is 11.9 Å². The van der Waals surface area contributed by atoms with Crippen molar-refractivity contribution in [2.45, 2.75) is 39.3 Å². The standard InChI is InChI=1S/C21H26F3N7OS/c1-3-4-13-9-14-17(29-7-8-31(15(25)11-29)20(26)21(22,23)24)27-16(28-18(14)33-13)19(32)30-6-5-12(2)10-30/h9,12,25-26H,3-8,10-11H2,1-2H3. The molecule has 2 aromatic heterocycles. The van der Waals surface area contributed by atoms with Crippen molar-refractivity contribution in [3.8, 4) is 0 Å². The second-order valence-corrected chi connectivity index (χ2v) is 9.68. The van der Waals surface area contributed by atoms with E-state index in [9.17, 15) is 18.0 Å². The van der Waals surface area contributed by atoms with E-state index in [4.69, 9.17) is 10.8 Å². The fourth-order valence-corrected chi connectivity index (χ4v) is 5.33. The van der Waals surface area contributed by atoms with Crippen LogP contribution in [0.15, 0.2) is 6.07 Å². The summed E-state index contributed by atoms with van der Waals surface area (Å²) in [6.07, 6.45) is -2.11. The van der Waals surface area contributed by atoms with Crippen LogP contribution in [0.1, 0.15) is 42.2 Å². The number of aryl methyl sites for hydroxylation is 1. The molecule has 12 heteroatoms. The van der Waals surface area contributed by atoms with Gasteiger partial charge in [0.25, 0.3) is 5.91 Å². The average molecular weight is 482 g/mol. The maximum absolute atomic E-state index is 13.1. The van der Waals surface area contributed by atoms with Crippen molar-refractivity contribution in [2.75, 3.05) is 37.6 Å². The minimum Gasteiger partial charge on any atom is -0.347 e. The van der Waals surface area contributed by atoms with Gasteiger partial charge in [-0.05, 0) is 24.8 Å². The van der Waals surface area contributed by atoms with E-state index in [0.29, 0.717) is 34.6 Å². The van der Waals surface area contributed by atoms with Crippen LogP contribution in [0.25, 0.3) is 10.2 Å². The van der Waals surface area contributed by atoms with Crippen molar-refractivity contribution in [3.05, 3.63) is 16.8 Å². The Hall–Kier alpha value is -2.76. The predicted molar refractivity (Wildman–Crippen MR) is 122 cm³/mol. The van der Waals surface area contributed by atoms with Crippen LogP contribution in [0.5, 0.6) is 0 Å². The van der Waals surface area contributed by atoms with Gasteiger partial charge in [0, 0.05) is 31.1 Å². The first kappa shape index (κ1) is 23.4. The van der Waals surface area contributed by atoms with Gasteiger partial charge in [-0.2, -0.15) is 13.2 Å². The van der Waals surface area contributed by atoms with Gasteiger partial charge >= 0.3 is 6.18 Å². The van der Waals surface area contributed by atoms with Crippen LogP contribution >= 0.6 is 11.3 Å². The van der Waals surface area contributed by atoms with Crippen molar-refractivity contribution >= 4 is 44.9 Å². The van der Waals surface area contributed by atoms with Crippen molar-refractivity contribution < 1.29 is 18.0 Å². The third-order valence-electron chi connectivity index (χ3n) is 5.92. The third kappa shape index (κ3) is 4.66. The maximum atomic E-state index is 13.1. The number of amides is 1. The maximum Gasteiger partial charge on any atom is 0.449 e. The van der Waals surface area contributed by atoms with Crippen LogP contribution in [0, 0.1) is 16.7 Å². The number of piperazine rings is 1. The number of nitrogens with zero attached hydrogens (tertiary/aromatic N) is 5. The molecule has 8 nitrogen and oxygen atoms in total. The highest BCUT2D eigenvalue weighted by Crippen LogP contribution is 2.33. The van der Waals surface area contributed by atoms with Gasteiger partial charge < -0.3 is 14.7 Å². The number of halogens is 3. The van der Waals surface area contributed by atoms with Crippen LogP contribution in [0.3, 0.4) is 0 Å². The number of hydrogen-bond donors (Lipinski definition) is 2. The molecule has 1 amide bonds. The normalized spacial score (nSPS) is 19.6. The first-order chi connectivity index (χ1) is 15.6. The molecule has 2 saturated heterocycles. The lowest BCUT2D eigenvalue weighted by Crippen LogP contribution is -2.55. The summed E-state index contributed by atoms with van der Waals surface area (Å²) in [5.41, 5.74) is 0. The summed E-state index contributed by atoms with van der Waals surface area (Å²) in [5, 5.41) is 16.3. The van der Waals surface area contributed by atoms with Crippen LogP contribution in [0.2, 0.25) is 0 Å². The van der Waals surface area contributed by atoms with E-state index < -0.39 is 12.0 Å². The molecule has 4 heterocycles. The largest absolute Gasteiger partial charge is 0.449 e. The topological polar surface area (TPSA) is 100 Å². The van der Waals surface area contributed by atoms with E-state index >= 15 is 0 Å². The lowest BCUT2D eigenvalue weighted by atomic mass is 10.2. The molecule has 2 fully saturated rings. The molecule has 0 aliphatic carbocycles. The van der Waals surface area contributed by atoms with Crippen molar-refractivity contribution in [1.29, 1.82) is 10.8 Å². The lowest BCUT2D eigenvalue weighted by Gasteiger charge is -2.37. The minimum absolute atomic E-state index is 0.0773. The van der Waals surface area contributed by atoms with E-state index in [1.807, 2.05) is 6.07 Å². The first-order valence-corrected chi connectivity index (χ1v) is 11.8. The predicted octanol–water partition coefficient (Wildman–Crippen LogP) is 3.76. The summed E-state index contributed by atoms with van der Waals surface area (Å²) in [5.74, 6) is -1.18. The Morgan fingerprint density at radius 2 is 2.03 bits per heavy atom. The summed E-state index contributed by atoms with van der Waals surface area (Å²) >= 11 is 1.49. The van der Waals surface area contributed by atoms with E-state index in [1.54, 1.807) is 9.80 Å². The second-order valence-electron chi connectivity index (χ2n) is 8.56. The minimum atomic E-state index is -4.81. The van der Waals surface area contributed by atoms with E-state index in [1.165, 1.54) is 11.3 Å². The van der Waals surface area contributed by atoms with Gasteiger partial charge in [0.1, 0.15) is 16.5 Å². The fourth-order valence-electron chi connectivity index (χ4n) is 4.20. The second kappa shape index (κ2) is 8.88. The molecular weight excluding hydrogens is 455 g/mol. The Morgan fingerprint density at radius 3 is 2.64 bits per heavy atom. The molecule has 0 spiro atoms. The summed E-state index contributed by atoms with van der Waals surface area (Å²) in [6, 6.07) is 1.97. The van der Waals surface area contributed by atoms with Gasteiger partial charge in [0.15, 0.2) is 0 Å². The molecule has 0 bridgehead atoms. The summed E-state index contributed by atoms with van der Waals surface area (Å²) in [6.45, 7) is 5.27. The molecule has 1 unspecified atom stereocenters. The van der Waals surface area contributed by atoms with Crippen molar-refractivity contribution in [1.82, 2.24) is 19.8 Å². The Kier molecular flexibility index (Phi) is 6.30. The quantitative estimate of drug-likeness (QED) is 0.512. The number of likely N-dealkylation sites (tertiary alicyclic amines) is 1. The molecule has 0 saturated carbocycles. The molecule has 0 radical (unpaired) electrons. The fraction of sp³-hybridized carbons (Fsp3) is 0.571. The summed E-state index contributed by atoms with van der Waals surface area (Å²) < 4.78 is 39.0. The number of nitrogens with one attached hydrogen (secondary N) is 2. The molecule has 178 valence electrons. The highest BCUT2D eigenvalue weighted by atomic mass is 32.1. The number of thiophene rings is 1. The Bertz CT molecular complexity index is 1100. The number of alkyl halides is 3. The molecule has 0 aromatic carbocycles. The van der Waals surface area contributed by atoms with Gasteiger partial charge in [-0.3, -0.25) is 15.6 Å². The highest BCUT2D eigenvalue weighted by Gasteiger charge is 2.41. The third-order valence-corrected chi connectivity index (χ3v) is 7.01. The molecule has 2 aromatic rings. The molecule has 2 aliphatic rings. The molecule has 2 N–H and O–H groups in total. The van der Waals surface area contributed by atoms with Gasteiger partial charge in [0.2, 0.25) is 11.7 Å². The van der Waals surface area contributed by atoms with Gasteiger partial charge in [-0.1, -0.05) is 20.3 Å². The van der Waals surface area contributed by atoms with E-state index in [2.05, 4.69) is 23.8 Å². The zero-order chi connectivity index (χ0) is 23.9.